The van der Waals surface area contributed by atoms with Crippen LogP contribution in [0.3, 0.4) is 0 Å². The summed E-state index contributed by atoms with van der Waals surface area (Å²) < 4.78 is 0. The zero-order valence-corrected chi connectivity index (χ0v) is 12.2. The van der Waals surface area contributed by atoms with Crippen LogP contribution in [0.1, 0.15) is 58.3 Å². The lowest BCUT2D eigenvalue weighted by atomic mass is 9.99. The molecule has 1 aliphatic heterocycles. The van der Waals surface area contributed by atoms with Crippen molar-refractivity contribution < 1.29 is 0 Å². The van der Waals surface area contributed by atoms with Gasteiger partial charge in [0.25, 0.3) is 0 Å². The van der Waals surface area contributed by atoms with Gasteiger partial charge in [0.05, 0.1) is 6.07 Å². The molecular weight excluding hydrogens is 234 g/mol. The molecule has 2 saturated carbocycles. The summed E-state index contributed by atoms with van der Waals surface area (Å²) in [5.41, 5.74) is -0.205. The number of nitrogens with one attached hydrogen (secondary N) is 1. The fraction of sp³-hybridized carbons (Fsp3) is 0.938. The van der Waals surface area contributed by atoms with Crippen molar-refractivity contribution in [2.45, 2.75) is 75.9 Å². The quantitative estimate of drug-likeness (QED) is 0.849. The van der Waals surface area contributed by atoms with Gasteiger partial charge in [-0.2, -0.15) is 5.26 Å². The summed E-state index contributed by atoms with van der Waals surface area (Å²) in [5, 5.41) is 13.2. The number of nitriles is 1. The van der Waals surface area contributed by atoms with Crippen LogP contribution in [-0.4, -0.2) is 35.6 Å². The molecule has 1 heterocycles. The average Bonchev–Trinajstić information content (AvgIpc) is 3.15. The van der Waals surface area contributed by atoms with Gasteiger partial charge in [-0.1, -0.05) is 6.92 Å². The summed E-state index contributed by atoms with van der Waals surface area (Å²) >= 11 is 0. The molecule has 3 rings (SSSR count). The second-order valence-corrected chi connectivity index (χ2v) is 7.08. The lowest BCUT2D eigenvalue weighted by Crippen LogP contribution is -2.45. The van der Waals surface area contributed by atoms with Crippen LogP contribution in [0.15, 0.2) is 0 Å². The highest BCUT2D eigenvalue weighted by atomic mass is 15.2. The third kappa shape index (κ3) is 3.12. The van der Waals surface area contributed by atoms with Crippen molar-refractivity contribution in [1.29, 1.82) is 5.26 Å². The van der Waals surface area contributed by atoms with E-state index in [9.17, 15) is 5.26 Å². The molecule has 106 valence electrons. The van der Waals surface area contributed by atoms with Crippen LogP contribution in [0.2, 0.25) is 0 Å². The van der Waals surface area contributed by atoms with E-state index in [2.05, 4.69) is 23.2 Å². The molecule has 1 saturated heterocycles. The van der Waals surface area contributed by atoms with E-state index in [1.165, 1.54) is 51.6 Å². The first-order valence-corrected chi connectivity index (χ1v) is 8.14. The minimum atomic E-state index is -0.205. The highest BCUT2D eigenvalue weighted by Gasteiger charge is 2.44. The highest BCUT2D eigenvalue weighted by molar-refractivity contribution is 5.15. The molecule has 3 nitrogen and oxygen atoms in total. The van der Waals surface area contributed by atoms with Crippen LogP contribution >= 0.6 is 0 Å². The Balaban J connectivity index is 1.59. The Bertz CT molecular complexity index is 357. The van der Waals surface area contributed by atoms with Crippen LogP contribution in [-0.2, 0) is 0 Å². The fourth-order valence-corrected chi connectivity index (χ4v) is 3.86. The molecule has 0 bridgehead atoms. The van der Waals surface area contributed by atoms with Crippen molar-refractivity contribution in [2.24, 2.45) is 5.92 Å². The predicted molar refractivity (Wildman–Crippen MR) is 76.7 cm³/mol. The molecule has 0 amide bonds. The molecule has 0 aromatic carbocycles. The third-order valence-corrected chi connectivity index (χ3v) is 5.33. The first-order chi connectivity index (χ1) is 9.21. The highest BCUT2D eigenvalue weighted by Crippen LogP contribution is 2.36. The maximum absolute atomic E-state index is 9.58. The van der Waals surface area contributed by atoms with Crippen LogP contribution in [0, 0.1) is 17.2 Å². The number of hydrogen-bond acceptors (Lipinski definition) is 3. The molecule has 3 aliphatic rings. The maximum Gasteiger partial charge on any atom is 0.108 e. The van der Waals surface area contributed by atoms with Gasteiger partial charge in [-0.3, -0.25) is 5.32 Å². The zero-order valence-electron chi connectivity index (χ0n) is 12.2. The second-order valence-electron chi connectivity index (χ2n) is 7.08. The molecule has 1 N–H and O–H groups in total. The van der Waals surface area contributed by atoms with Crippen LogP contribution in [0.5, 0.6) is 0 Å². The first kappa shape index (κ1) is 13.4. The monoisotopic (exact) mass is 261 g/mol. The molecule has 0 aromatic heterocycles. The van der Waals surface area contributed by atoms with Crippen molar-refractivity contribution in [3.05, 3.63) is 0 Å². The Kier molecular flexibility index (Phi) is 3.82. The Labute approximate surface area is 117 Å². The van der Waals surface area contributed by atoms with Gasteiger partial charge >= 0.3 is 0 Å². The first-order valence-electron chi connectivity index (χ1n) is 8.14. The topological polar surface area (TPSA) is 39.1 Å². The molecule has 2 aliphatic carbocycles. The van der Waals surface area contributed by atoms with Crippen molar-refractivity contribution in [3.8, 4) is 6.07 Å². The standard InChI is InChI=1S/C16H27N3/c1-13-3-2-9-19(10-7-13)15-6-8-16(11-15,12-17)18-14-4-5-14/h13-15,18H,2-11H2,1H3. The SMILES string of the molecule is CC1CCCN(C2CCC(C#N)(NC3CC3)C2)CC1. The Hall–Kier alpha value is -0.590. The molecule has 3 unspecified atom stereocenters. The second kappa shape index (κ2) is 5.42. The van der Waals surface area contributed by atoms with E-state index in [1.807, 2.05) is 0 Å². The summed E-state index contributed by atoms with van der Waals surface area (Å²) in [5.74, 6) is 0.886. The summed E-state index contributed by atoms with van der Waals surface area (Å²) in [6.07, 6.45) is 9.92. The van der Waals surface area contributed by atoms with Crippen molar-refractivity contribution in [2.75, 3.05) is 13.1 Å². The molecule has 3 heteroatoms. The summed E-state index contributed by atoms with van der Waals surface area (Å²) in [7, 11) is 0. The molecule has 3 fully saturated rings. The van der Waals surface area contributed by atoms with Crippen molar-refractivity contribution in [3.63, 3.8) is 0 Å². The van der Waals surface area contributed by atoms with Crippen molar-refractivity contribution >= 4 is 0 Å². The molecule has 3 atom stereocenters. The van der Waals surface area contributed by atoms with E-state index in [4.69, 9.17) is 0 Å². The van der Waals surface area contributed by atoms with Crippen LogP contribution in [0.25, 0.3) is 0 Å². The molecule has 19 heavy (non-hydrogen) atoms. The Morgan fingerprint density at radius 3 is 2.74 bits per heavy atom. The Morgan fingerprint density at radius 2 is 2.00 bits per heavy atom. The predicted octanol–water partition coefficient (Wildman–Crippen LogP) is 2.68. The molecule has 0 aromatic rings. The van der Waals surface area contributed by atoms with Gasteiger partial charge in [0, 0.05) is 12.1 Å². The average molecular weight is 261 g/mol. The lowest BCUT2D eigenvalue weighted by Gasteiger charge is -2.29. The number of nitrogens with zero attached hydrogens (tertiary/aromatic N) is 2. The number of hydrogen-bond donors (Lipinski definition) is 1. The van der Waals surface area contributed by atoms with Gasteiger partial charge in [0.2, 0.25) is 0 Å². The van der Waals surface area contributed by atoms with E-state index >= 15 is 0 Å². The normalized spacial score (nSPS) is 40.8. The number of likely N-dealkylation sites (tertiary alicyclic amines) is 1. The Morgan fingerprint density at radius 1 is 1.16 bits per heavy atom. The molecule has 0 radical (unpaired) electrons. The summed E-state index contributed by atoms with van der Waals surface area (Å²) in [4.78, 5) is 2.68. The fourth-order valence-electron chi connectivity index (χ4n) is 3.86. The number of rotatable bonds is 3. The van der Waals surface area contributed by atoms with E-state index in [0.29, 0.717) is 12.1 Å². The zero-order chi connectivity index (χ0) is 13.3. The smallest absolute Gasteiger partial charge is 0.108 e. The van der Waals surface area contributed by atoms with E-state index in [1.54, 1.807) is 0 Å². The van der Waals surface area contributed by atoms with Gasteiger partial charge in [-0.15, -0.1) is 0 Å². The summed E-state index contributed by atoms with van der Waals surface area (Å²) in [6.45, 7) is 4.88. The largest absolute Gasteiger partial charge is 0.300 e. The van der Waals surface area contributed by atoms with E-state index < -0.39 is 0 Å². The van der Waals surface area contributed by atoms with Gasteiger partial charge < -0.3 is 4.90 Å². The van der Waals surface area contributed by atoms with Crippen molar-refractivity contribution in [1.82, 2.24) is 10.2 Å². The van der Waals surface area contributed by atoms with Gasteiger partial charge in [-0.05, 0) is 70.4 Å². The summed E-state index contributed by atoms with van der Waals surface area (Å²) in [6, 6.07) is 3.89. The maximum atomic E-state index is 9.58. The third-order valence-electron chi connectivity index (χ3n) is 5.33. The van der Waals surface area contributed by atoms with Gasteiger partial charge in [0.1, 0.15) is 5.54 Å². The minimum Gasteiger partial charge on any atom is -0.300 e. The molecule has 0 spiro atoms. The van der Waals surface area contributed by atoms with Gasteiger partial charge in [-0.25, -0.2) is 0 Å². The van der Waals surface area contributed by atoms with E-state index in [0.717, 1.165) is 18.8 Å². The lowest BCUT2D eigenvalue weighted by molar-refractivity contribution is 0.197. The van der Waals surface area contributed by atoms with Crippen LogP contribution in [0.4, 0.5) is 0 Å². The molecular formula is C16H27N3. The van der Waals surface area contributed by atoms with Gasteiger partial charge in [0.15, 0.2) is 0 Å². The van der Waals surface area contributed by atoms with Crippen LogP contribution < -0.4 is 5.32 Å². The minimum absolute atomic E-state index is 0.205. The van der Waals surface area contributed by atoms with E-state index in [-0.39, 0.29) is 5.54 Å².